The molecule has 0 saturated carbocycles. The number of rotatable bonds is 5. The van der Waals surface area contributed by atoms with Crippen LogP contribution in [0, 0.1) is 0 Å². The Labute approximate surface area is 174 Å². The summed E-state index contributed by atoms with van der Waals surface area (Å²) in [6.07, 6.45) is 0. The number of aromatic nitrogens is 1. The predicted octanol–water partition coefficient (Wildman–Crippen LogP) is 5.35. The van der Waals surface area contributed by atoms with Crippen LogP contribution in [0.25, 0.3) is 0 Å². The molecule has 0 bridgehead atoms. The van der Waals surface area contributed by atoms with Crippen LogP contribution in [0.5, 0.6) is 5.75 Å². The maximum Gasteiger partial charge on any atom is 0.325 e. The normalized spacial score (nSPS) is 10.2. The van der Waals surface area contributed by atoms with Crippen molar-refractivity contribution in [3.05, 3.63) is 63.6 Å². The van der Waals surface area contributed by atoms with Crippen molar-refractivity contribution in [2.24, 2.45) is 0 Å². The minimum Gasteiger partial charge on any atom is -0.495 e. The highest BCUT2D eigenvalue weighted by Crippen LogP contribution is 2.28. The Kier molecular flexibility index (Phi) is 6.35. The molecule has 1 heterocycles. The van der Waals surface area contributed by atoms with Crippen molar-refractivity contribution in [3.8, 4) is 5.75 Å². The van der Waals surface area contributed by atoms with E-state index < -0.39 is 11.9 Å². The molecule has 28 heavy (non-hydrogen) atoms. The Hall–Kier alpha value is -2.81. The van der Waals surface area contributed by atoms with Crippen molar-refractivity contribution in [3.63, 3.8) is 0 Å². The largest absolute Gasteiger partial charge is 0.495 e. The number of urea groups is 1. The molecule has 7 nitrogen and oxygen atoms in total. The van der Waals surface area contributed by atoms with Gasteiger partial charge in [-0.25, -0.2) is 9.78 Å². The first-order valence-electron chi connectivity index (χ1n) is 7.88. The fourth-order valence-electron chi connectivity index (χ4n) is 2.23. The van der Waals surface area contributed by atoms with Gasteiger partial charge in [-0.15, -0.1) is 11.3 Å². The number of carbonyl (C=O) groups excluding carboxylic acids is 2. The molecule has 0 atom stereocenters. The van der Waals surface area contributed by atoms with Crippen LogP contribution < -0.4 is 20.7 Å². The molecular formula is C18H14Cl2N4O3S. The topological polar surface area (TPSA) is 92.4 Å². The number of ether oxygens (including phenoxy) is 1. The van der Waals surface area contributed by atoms with Crippen molar-refractivity contribution in [2.75, 3.05) is 23.1 Å². The number of methoxy groups -OCH3 is 1. The Bertz CT molecular complexity index is 1030. The number of benzene rings is 2. The van der Waals surface area contributed by atoms with Crippen LogP contribution in [-0.2, 0) is 0 Å². The maximum atomic E-state index is 12.4. The fraction of sp³-hybridized carbons (Fsp3) is 0.0556. The monoisotopic (exact) mass is 436 g/mol. The molecule has 0 fully saturated rings. The summed E-state index contributed by atoms with van der Waals surface area (Å²) in [6, 6.07) is 11.1. The molecule has 0 radical (unpaired) electrons. The lowest BCUT2D eigenvalue weighted by Gasteiger charge is -2.09. The van der Waals surface area contributed by atoms with E-state index in [1.54, 1.807) is 42.5 Å². The molecule has 0 aliphatic rings. The zero-order chi connectivity index (χ0) is 20.1. The van der Waals surface area contributed by atoms with Gasteiger partial charge in [0.1, 0.15) is 11.4 Å². The number of hydrogen-bond donors (Lipinski definition) is 3. The maximum absolute atomic E-state index is 12.4. The van der Waals surface area contributed by atoms with Gasteiger partial charge in [-0.2, -0.15) is 0 Å². The molecule has 0 aliphatic carbocycles. The lowest BCUT2D eigenvalue weighted by atomic mass is 10.3. The first-order valence-corrected chi connectivity index (χ1v) is 9.52. The van der Waals surface area contributed by atoms with Crippen LogP contribution in [0.15, 0.2) is 47.8 Å². The van der Waals surface area contributed by atoms with Gasteiger partial charge >= 0.3 is 6.03 Å². The third kappa shape index (κ3) is 5.13. The summed E-state index contributed by atoms with van der Waals surface area (Å²) in [5.74, 6) is 0.00680. The number of nitrogens with zero attached hydrogens (tertiary/aromatic N) is 1. The third-order valence-corrected chi connectivity index (χ3v) is 4.68. The Morgan fingerprint density at radius 2 is 1.82 bits per heavy atom. The molecule has 0 saturated heterocycles. The van der Waals surface area contributed by atoms with Crippen molar-refractivity contribution >= 4 is 63.0 Å². The second kappa shape index (κ2) is 8.92. The third-order valence-electron chi connectivity index (χ3n) is 3.45. The fourth-order valence-corrected chi connectivity index (χ4v) is 3.27. The van der Waals surface area contributed by atoms with Crippen LogP contribution in [0.3, 0.4) is 0 Å². The summed E-state index contributed by atoms with van der Waals surface area (Å²) < 4.78 is 5.19. The average Bonchev–Trinajstić information content (AvgIpc) is 3.10. The number of anilines is 3. The van der Waals surface area contributed by atoms with E-state index in [2.05, 4.69) is 20.9 Å². The van der Waals surface area contributed by atoms with E-state index in [9.17, 15) is 9.59 Å². The standard InChI is InChI=1S/C18H14Cl2N4O3S/c1-27-15-6-5-11(20)8-13(15)22-16(25)14-9-28-18(23-14)24-17(26)21-12-4-2-3-10(19)7-12/h2-9H,1H3,(H,22,25)(H2,21,23,24,26). The second-order valence-corrected chi connectivity index (χ2v) is 7.16. The molecule has 2 aromatic carbocycles. The number of amides is 3. The number of hydrogen-bond acceptors (Lipinski definition) is 5. The highest BCUT2D eigenvalue weighted by molar-refractivity contribution is 7.14. The van der Waals surface area contributed by atoms with Gasteiger partial charge in [0.05, 0.1) is 12.8 Å². The van der Waals surface area contributed by atoms with Crippen molar-refractivity contribution in [1.82, 2.24) is 4.98 Å². The Morgan fingerprint density at radius 3 is 2.57 bits per heavy atom. The quantitative estimate of drug-likeness (QED) is 0.502. The minimum absolute atomic E-state index is 0.144. The van der Waals surface area contributed by atoms with Crippen LogP contribution in [-0.4, -0.2) is 24.0 Å². The van der Waals surface area contributed by atoms with E-state index in [0.29, 0.717) is 27.2 Å². The summed E-state index contributed by atoms with van der Waals surface area (Å²) in [7, 11) is 1.49. The zero-order valence-electron chi connectivity index (χ0n) is 14.5. The minimum atomic E-state index is -0.500. The molecular weight excluding hydrogens is 423 g/mol. The van der Waals surface area contributed by atoms with Gasteiger partial charge in [0.25, 0.3) is 5.91 Å². The van der Waals surface area contributed by atoms with Gasteiger partial charge in [0.15, 0.2) is 5.13 Å². The molecule has 0 spiro atoms. The highest BCUT2D eigenvalue weighted by atomic mass is 35.5. The molecule has 144 valence electrons. The van der Waals surface area contributed by atoms with Crippen molar-refractivity contribution in [2.45, 2.75) is 0 Å². The molecule has 10 heteroatoms. The SMILES string of the molecule is COc1ccc(Cl)cc1NC(=O)c1csc(NC(=O)Nc2cccc(Cl)c2)n1. The molecule has 1 aromatic heterocycles. The second-order valence-electron chi connectivity index (χ2n) is 5.43. The van der Waals surface area contributed by atoms with E-state index in [0.717, 1.165) is 11.3 Å². The van der Waals surface area contributed by atoms with Gasteiger partial charge in [0.2, 0.25) is 0 Å². The number of halogens is 2. The molecule has 0 unspecified atom stereocenters. The van der Waals surface area contributed by atoms with E-state index in [1.807, 2.05) is 0 Å². The van der Waals surface area contributed by atoms with Crippen LogP contribution in [0.1, 0.15) is 10.5 Å². The molecule has 3 N–H and O–H groups in total. The van der Waals surface area contributed by atoms with E-state index in [4.69, 9.17) is 27.9 Å². The van der Waals surface area contributed by atoms with Crippen LogP contribution >= 0.6 is 34.5 Å². The van der Waals surface area contributed by atoms with Gasteiger partial charge < -0.3 is 15.4 Å². The van der Waals surface area contributed by atoms with E-state index in [1.165, 1.54) is 12.5 Å². The number of carbonyl (C=O) groups is 2. The first kappa shape index (κ1) is 19.9. The summed E-state index contributed by atoms with van der Waals surface area (Å²) in [5.41, 5.74) is 1.10. The van der Waals surface area contributed by atoms with Gasteiger partial charge in [-0.1, -0.05) is 29.3 Å². The highest BCUT2D eigenvalue weighted by Gasteiger charge is 2.15. The van der Waals surface area contributed by atoms with Gasteiger partial charge in [0, 0.05) is 21.1 Å². The van der Waals surface area contributed by atoms with E-state index >= 15 is 0 Å². The lowest BCUT2D eigenvalue weighted by Crippen LogP contribution is -2.19. The van der Waals surface area contributed by atoms with Gasteiger partial charge in [-0.3, -0.25) is 10.1 Å². The van der Waals surface area contributed by atoms with Crippen molar-refractivity contribution in [1.29, 1.82) is 0 Å². The zero-order valence-corrected chi connectivity index (χ0v) is 16.8. The molecule has 3 amide bonds. The summed E-state index contributed by atoms with van der Waals surface area (Å²) in [5, 5.41) is 10.6. The summed E-state index contributed by atoms with van der Waals surface area (Å²) in [4.78, 5) is 28.6. The predicted molar refractivity (Wildman–Crippen MR) is 112 cm³/mol. The van der Waals surface area contributed by atoms with Crippen molar-refractivity contribution < 1.29 is 14.3 Å². The Morgan fingerprint density at radius 1 is 1.04 bits per heavy atom. The summed E-state index contributed by atoms with van der Waals surface area (Å²) in [6.45, 7) is 0. The first-order chi connectivity index (χ1) is 13.4. The molecule has 3 aromatic rings. The van der Waals surface area contributed by atoms with Crippen LogP contribution in [0.4, 0.5) is 21.3 Å². The molecule has 0 aliphatic heterocycles. The summed E-state index contributed by atoms with van der Waals surface area (Å²) >= 11 is 13.0. The smallest absolute Gasteiger partial charge is 0.325 e. The van der Waals surface area contributed by atoms with Crippen LogP contribution in [0.2, 0.25) is 10.0 Å². The Balaban J connectivity index is 1.64. The van der Waals surface area contributed by atoms with E-state index in [-0.39, 0.29) is 10.8 Å². The average molecular weight is 437 g/mol. The lowest BCUT2D eigenvalue weighted by molar-refractivity contribution is 0.102. The number of nitrogens with one attached hydrogen (secondary N) is 3. The molecule has 3 rings (SSSR count). The van der Waals surface area contributed by atoms with Gasteiger partial charge in [-0.05, 0) is 36.4 Å². The number of thiazole rings is 1.